The minimum absolute atomic E-state index is 0.143. The van der Waals surface area contributed by atoms with Crippen LogP contribution in [0.15, 0.2) is 21.7 Å². The van der Waals surface area contributed by atoms with E-state index in [1.165, 1.54) is 26.4 Å². The predicted octanol–water partition coefficient (Wildman–Crippen LogP) is 1.20. The Morgan fingerprint density at radius 1 is 1.07 bits per heavy atom. The maximum absolute atomic E-state index is 12.9. The molecule has 0 amide bonds. The van der Waals surface area contributed by atoms with Gasteiger partial charge in [-0.1, -0.05) is 0 Å². The van der Waals surface area contributed by atoms with Crippen molar-refractivity contribution in [2.45, 2.75) is 27.5 Å². The van der Waals surface area contributed by atoms with Crippen molar-refractivity contribution in [1.29, 1.82) is 0 Å². The van der Waals surface area contributed by atoms with Crippen LogP contribution in [-0.4, -0.2) is 40.2 Å². The third kappa shape index (κ3) is 3.40. The van der Waals surface area contributed by atoms with E-state index in [9.17, 15) is 14.4 Å². The molecule has 10 nitrogen and oxygen atoms in total. The lowest BCUT2D eigenvalue weighted by Crippen LogP contribution is -2.24. The zero-order chi connectivity index (χ0) is 20.6. The molecule has 0 radical (unpaired) electrons. The average molecular weight is 388 g/mol. The molecule has 0 aliphatic heterocycles. The van der Waals surface area contributed by atoms with E-state index >= 15 is 0 Å². The first kappa shape index (κ1) is 19.3. The number of aromatic amines is 1. The third-order valence-electron chi connectivity index (χ3n) is 4.03. The summed E-state index contributed by atoms with van der Waals surface area (Å²) in [6, 6.07) is 2.96. The van der Waals surface area contributed by atoms with Gasteiger partial charge in [0, 0.05) is 6.07 Å². The summed E-state index contributed by atoms with van der Waals surface area (Å²) in [5, 5.41) is 8.22. The van der Waals surface area contributed by atoms with E-state index < -0.39 is 22.4 Å². The van der Waals surface area contributed by atoms with E-state index in [4.69, 9.17) is 14.2 Å². The lowest BCUT2D eigenvalue weighted by molar-refractivity contribution is -0.157. The molecule has 2 aromatic heterocycles. The number of carbonyl (C=O) groups is 1. The highest BCUT2D eigenvalue weighted by molar-refractivity contribution is 5.88. The van der Waals surface area contributed by atoms with Gasteiger partial charge in [0.05, 0.1) is 30.5 Å². The number of hydrogen-bond acceptors (Lipinski definition) is 8. The van der Waals surface area contributed by atoms with Gasteiger partial charge in [-0.2, -0.15) is 0 Å². The SMILES string of the molecule is COc1cc2[nH]c(=O)c3nn(COC(=O)C(C)(C)C)nc3c(=O)c2cc1OC. The van der Waals surface area contributed by atoms with Crippen molar-refractivity contribution in [1.82, 2.24) is 20.0 Å². The van der Waals surface area contributed by atoms with Crippen LogP contribution in [-0.2, 0) is 16.3 Å². The molecule has 0 unspecified atom stereocenters. The van der Waals surface area contributed by atoms with Crippen molar-refractivity contribution >= 4 is 27.9 Å². The maximum atomic E-state index is 12.9. The number of H-pyrrole nitrogens is 1. The minimum atomic E-state index is -0.702. The molecule has 0 spiro atoms. The van der Waals surface area contributed by atoms with Crippen molar-refractivity contribution in [3.63, 3.8) is 0 Å². The summed E-state index contributed by atoms with van der Waals surface area (Å²) < 4.78 is 15.5. The molecule has 0 aliphatic rings. The number of hydrogen-bond donors (Lipinski definition) is 1. The van der Waals surface area contributed by atoms with Crippen molar-refractivity contribution in [3.05, 3.63) is 32.7 Å². The Bertz CT molecular complexity index is 1190. The zero-order valence-electron chi connectivity index (χ0n) is 16.2. The summed E-state index contributed by atoms with van der Waals surface area (Å²) >= 11 is 0. The Hall–Kier alpha value is -3.43. The molecule has 2 heterocycles. The molecule has 0 atom stereocenters. The molecule has 10 heteroatoms. The molecular weight excluding hydrogens is 368 g/mol. The summed E-state index contributed by atoms with van der Waals surface area (Å²) in [5.41, 5.74) is -1.87. The smallest absolute Gasteiger partial charge is 0.313 e. The van der Waals surface area contributed by atoms with Crippen molar-refractivity contribution < 1.29 is 19.0 Å². The second-order valence-corrected chi connectivity index (χ2v) is 7.12. The Morgan fingerprint density at radius 3 is 2.29 bits per heavy atom. The van der Waals surface area contributed by atoms with Crippen LogP contribution in [0.5, 0.6) is 11.5 Å². The number of nitrogens with one attached hydrogen (secondary N) is 1. The molecule has 0 saturated carbocycles. The van der Waals surface area contributed by atoms with Gasteiger partial charge in [-0.25, -0.2) is 0 Å². The van der Waals surface area contributed by atoms with E-state index in [0.29, 0.717) is 11.5 Å². The molecule has 3 aromatic rings. The normalized spacial score (nSPS) is 11.6. The molecule has 3 rings (SSSR count). The summed E-state index contributed by atoms with van der Waals surface area (Å²) in [6.07, 6.45) is 0. The van der Waals surface area contributed by atoms with Crippen LogP contribution in [0.3, 0.4) is 0 Å². The van der Waals surface area contributed by atoms with Crippen LogP contribution in [0, 0.1) is 5.41 Å². The van der Waals surface area contributed by atoms with Crippen molar-refractivity contribution in [2.24, 2.45) is 5.41 Å². The second-order valence-electron chi connectivity index (χ2n) is 7.12. The van der Waals surface area contributed by atoms with E-state index in [0.717, 1.165) is 4.80 Å². The van der Waals surface area contributed by atoms with Crippen LogP contribution >= 0.6 is 0 Å². The van der Waals surface area contributed by atoms with Gasteiger partial charge in [0.15, 0.2) is 22.5 Å². The highest BCUT2D eigenvalue weighted by Gasteiger charge is 2.23. The van der Waals surface area contributed by atoms with Crippen molar-refractivity contribution in [3.8, 4) is 11.5 Å². The standard InChI is InChI=1S/C18H20N4O6/c1-18(2,3)17(25)28-8-22-20-13-14(21-22)16(24)19-10-7-12(27-5)11(26-4)6-9(10)15(13)23/h6-7H,8H2,1-5H3,(H,19,24). The molecule has 148 valence electrons. The van der Waals surface area contributed by atoms with E-state index in [2.05, 4.69) is 15.2 Å². The summed E-state index contributed by atoms with van der Waals surface area (Å²) in [5.74, 6) is 0.234. The first-order chi connectivity index (χ1) is 13.2. The molecule has 1 aromatic carbocycles. The number of ether oxygens (including phenoxy) is 3. The maximum Gasteiger partial charge on any atom is 0.313 e. The second kappa shape index (κ2) is 6.95. The van der Waals surface area contributed by atoms with Gasteiger partial charge in [-0.3, -0.25) is 14.4 Å². The fourth-order valence-corrected chi connectivity index (χ4v) is 2.52. The quantitative estimate of drug-likeness (QED) is 0.661. The number of fused-ring (bicyclic) bond motifs is 2. The van der Waals surface area contributed by atoms with Gasteiger partial charge in [0.1, 0.15) is 0 Å². The van der Waals surface area contributed by atoms with Crippen LogP contribution in [0.25, 0.3) is 21.9 Å². The van der Waals surface area contributed by atoms with Gasteiger partial charge < -0.3 is 19.2 Å². The van der Waals surface area contributed by atoms with E-state index in [1.54, 1.807) is 20.8 Å². The number of carbonyl (C=O) groups excluding carboxylic acids is 1. The number of esters is 1. The molecular formula is C18H20N4O6. The largest absolute Gasteiger partial charge is 0.493 e. The fourth-order valence-electron chi connectivity index (χ4n) is 2.52. The Morgan fingerprint density at radius 2 is 1.68 bits per heavy atom. The summed E-state index contributed by atoms with van der Waals surface area (Å²) in [7, 11) is 2.89. The monoisotopic (exact) mass is 388 g/mol. The van der Waals surface area contributed by atoms with Gasteiger partial charge in [0.2, 0.25) is 12.2 Å². The summed E-state index contributed by atoms with van der Waals surface area (Å²) in [6.45, 7) is 4.80. The molecule has 0 aliphatic carbocycles. The third-order valence-corrected chi connectivity index (χ3v) is 4.03. The molecule has 1 N–H and O–H groups in total. The van der Waals surface area contributed by atoms with Crippen LogP contribution < -0.4 is 20.5 Å². The molecule has 0 fully saturated rings. The first-order valence-corrected chi connectivity index (χ1v) is 8.40. The number of aromatic nitrogens is 4. The van der Waals surface area contributed by atoms with Gasteiger partial charge in [-0.15, -0.1) is 15.0 Å². The lowest BCUT2D eigenvalue weighted by atomic mass is 9.98. The number of nitrogens with zero attached hydrogens (tertiary/aromatic N) is 3. The first-order valence-electron chi connectivity index (χ1n) is 8.40. The van der Waals surface area contributed by atoms with Crippen molar-refractivity contribution in [2.75, 3.05) is 14.2 Å². The lowest BCUT2D eigenvalue weighted by Gasteiger charge is -2.15. The molecule has 0 saturated heterocycles. The average Bonchev–Trinajstić information content (AvgIpc) is 3.05. The Kier molecular flexibility index (Phi) is 4.80. The Labute approximate surface area is 159 Å². The number of rotatable bonds is 4. The van der Waals surface area contributed by atoms with Crippen LogP contribution in [0.2, 0.25) is 0 Å². The van der Waals surface area contributed by atoms with Gasteiger partial charge in [-0.05, 0) is 26.8 Å². The summed E-state index contributed by atoms with van der Waals surface area (Å²) in [4.78, 5) is 41.0. The number of methoxy groups -OCH3 is 2. The van der Waals surface area contributed by atoms with Gasteiger partial charge in [0.25, 0.3) is 5.56 Å². The fraction of sp³-hybridized carbons (Fsp3) is 0.389. The Balaban J connectivity index is 2.16. The van der Waals surface area contributed by atoms with Crippen LogP contribution in [0.4, 0.5) is 0 Å². The van der Waals surface area contributed by atoms with Gasteiger partial charge >= 0.3 is 5.97 Å². The van der Waals surface area contributed by atoms with E-state index in [1.807, 2.05) is 0 Å². The van der Waals surface area contributed by atoms with Crippen LogP contribution in [0.1, 0.15) is 20.8 Å². The highest BCUT2D eigenvalue weighted by Crippen LogP contribution is 2.29. The number of benzene rings is 1. The molecule has 28 heavy (non-hydrogen) atoms. The minimum Gasteiger partial charge on any atom is -0.493 e. The van der Waals surface area contributed by atoms with E-state index in [-0.39, 0.29) is 28.7 Å². The molecule has 0 bridgehead atoms. The zero-order valence-corrected chi connectivity index (χ0v) is 16.2. The predicted molar refractivity (Wildman–Crippen MR) is 101 cm³/mol. The highest BCUT2D eigenvalue weighted by atomic mass is 16.5. The topological polar surface area (TPSA) is 125 Å².